The summed E-state index contributed by atoms with van der Waals surface area (Å²) < 4.78 is 5.12. The van der Waals surface area contributed by atoms with Crippen LogP contribution in [0.15, 0.2) is 22.9 Å². The number of pyridine rings is 1. The highest BCUT2D eigenvalue weighted by Crippen LogP contribution is 2.47. The molecule has 0 bridgehead atoms. The fourth-order valence-corrected chi connectivity index (χ4v) is 2.12. The summed E-state index contributed by atoms with van der Waals surface area (Å²) in [6, 6.07) is 3.24. The minimum Gasteiger partial charge on any atom is -0.465 e. The number of nitrogens with zero attached hydrogens (tertiary/aromatic N) is 3. The van der Waals surface area contributed by atoms with E-state index in [4.69, 9.17) is 9.63 Å². The molecule has 0 spiro atoms. The van der Waals surface area contributed by atoms with Crippen LogP contribution >= 0.6 is 0 Å². The minimum absolute atomic E-state index is 0.167. The summed E-state index contributed by atoms with van der Waals surface area (Å²) in [7, 11) is 0. The quantitative estimate of drug-likeness (QED) is 0.896. The van der Waals surface area contributed by atoms with E-state index in [1.165, 1.54) is 0 Å². The molecule has 0 saturated heterocycles. The van der Waals surface area contributed by atoms with Gasteiger partial charge < -0.3 is 14.9 Å². The molecule has 1 atom stereocenters. The molecule has 7 nitrogen and oxygen atoms in total. The molecular formula is C14H16N4O3. The van der Waals surface area contributed by atoms with Crippen LogP contribution in [0.3, 0.4) is 0 Å². The van der Waals surface area contributed by atoms with Crippen LogP contribution in [0.2, 0.25) is 0 Å². The second-order valence-corrected chi connectivity index (χ2v) is 5.62. The van der Waals surface area contributed by atoms with E-state index < -0.39 is 12.1 Å². The van der Waals surface area contributed by atoms with Crippen molar-refractivity contribution in [1.82, 2.24) is 20.4 Å². The van der Waals surface area contributed by atoms with Gasteiger partial charge in [0.1, 0.15) is 6.04 Å². The number of nitrogens with one attached hydrogen (secondary N) is 1. The largest absolute Gasteiger partial charge is 0.465 e. The Morgan fingerprint density at radius 1 is 1.52 bits per heavy atom. The zero-order chi connectivity index (χ0) is 15.0. The molecule has 110 valence electrons. The van der Waals surface area contributed by atoms with Crippen molar-refractivity contribution in [2.45, 2.75) is 38.1 Å². The summed E-state index contributed by atoms with van der Waals surface area (Å²) in [5.74, 6) is 0.681. The van der Waals surface area contributed by atoms with Gasteiger partial charge in [0.15, 0.2) is 0 Å². The van der Waals surface area contributed by atoms with Gasteiger partial charge in [0.2, 0.25) is 11.7 Å². The molecule has 2 N–H and O–H groups in total. The van der Waals surface area contributed by atoms with Crippen molar-refractivity contribution in [3.05, 3.63) is 29.9 Å². The summed E-state index contributed by atoms with van der Waals surface area (Å²) in [5, 5.41) is 14.9. The van der Waals surface area contributed by atoms with E-state index in [9.17, 15) is 4.79 Å². The molecule has 7 heteroatoms. The van der Waals surface area contributed by atoms with Crippen LogP contribution in [0.25, 0.3) is 11.4 Å². The lowest BCUT2D eigenvalue weighted by atomic mass is 10.0. The molecule has 1 aliphatic rings. The molecule has 1 amide bonds. The van der Waals surface area contributed by atoms with Crippen LogP contribution in [0.5, 0.6) is 0 Å². The average molecular weight is 288 g/mol. The van der Waals surface area contributed by atoms with Crippen LogP contribution in [0.1, 0.15) is 44.3 Å². The zero-order valence-electron chi connectivity index (χ0n) is 11.8. The van der Waals surface area contributed by atoms with Gasteiger partial charge in [0.25, 0.3) is 0 Å². The Bertz CT molecular complexity index is 678. The van der Waals surface area contributed by atoms with Crippen LogP contribution < -0.4 is 5.32 Å². The third-order valence-corrected chi connectivity index (χ3v) is 3.79. The molecule has 2 heterocycles. The van der Waals surface area contributed by atoms with E-state index in [0.717, 1.165) is 24.1 Å². The second-order valence-electron chi connectivity index (χ2n) is 5.62. The first-order valence-electron chi connectivity index (χ1n) is 6.78. The van der Waals surface area contributed by atoms with Crippen LogP contribution in [0.4, 0.5) is 4.79 Å². The molecule has 1 aliphatic carbocycles. The van der Waals surface area contributed by atoms with E-state index in [1.807, 2.05) is 12.1 Å². The number of aromatic nitrogens is 3. The summed E-state index contributed by atoms with van der Waals surface area (Å²) in [6.07, 6.45) is 2.89. The van der Waals surface area contributed by atoms with Gasteiger partial charge in [-0.3, -0.25) is 4.98 Å². The van der Waals surface area contributed by atoms with Crippen molar-refractivity contribution in [1.29, 1.82) is 0 Å². The van der Waals surface area contributed by atoms with E-state index in [2.05, 4.69) is 27.4 Å². The standard InChI is InChI=1S/C14H16N4O3/c1-8(16-13(19)20)12-17-11(18-21-12)9-3-6-15-10(7-9)14(2)4-5-14/h3,6-8,16H,4-5H2,1-2H3,(H,19,20). The Labute approximate surface area is 121 Å². The molecule has 1 fully saturated rings. The number of hydrogen-bond donors (Lipinski definition) is 2. The Kier molecular flexibility index (Phi) is 3.12. The Morgan fingerprint density at radius 2 is 2.29 bits per heavy atom. The number of amides is 1. The number of hydrogen-bond acceptors (Lipinski definition) is 5. The Hall–Kier alpha value is -2.44. The van der Waals surface area contributed by atoms with Crippen LogP contribution in [0, 0.1) is 0 Å². The number of carboxylic acid groups (broad SMARTS) is 1. The lowest BCUT2D eigenvalue weighted by molar-refractivity contribution is 0.187. The minimum atomic E-state index is -1.13. The predicted molar refractivity (Wildman–Crippen MR) is 73.7 cm³/mol. The third kappa shape index (κ3) is 2.72. The van der Waals surface area contributed by atoms with Crippen LogP contribution in [-0.4, -0.2) is 26.3 Å². The lowest BCUT2D eigenvalue weighted by Gasteiger charge is -2.07. The normalized spacial score (nSPS) is 17.2. The Balaban J connectivity index is 1.84. The first-order chi connectivity index (χ1) is 9.98. The molecule has 0 aliphatic heterocycles. The van der Waals surface area contributed by atoms with Gasteiger partial charge in [-0.2, -0.15) is 4.98 Å². The molecule has 1 saturated carbocycles. The van der Waals surface area contributed by atoms with E-state index in [-0.39, 0.29) is 11.3 Å². The predicted octanol–water partition coefficient (Wildman–Crippen LogP) is 2.51. The molecule has 0 aromatic carbocycles. The molecule has 2 aromatic heterocycles. The summed E-state index contributed by atoms with van der Waals surface area (Å²) in [6.45, 7) is 3.83. The monoisotopic (exact) mass is 288 g/mol. The number of carbonyl (C=O) groups is 1. The fraction of sp³-hybridized carbons (Fsp3) is 0.429. The maximum absolute atomic E-state index is 10.6. The first kappa shape index (κ1) is 13.5. The second kappa shape index (κ2) is 4.83. The van der Waals surface area contributed by atoms with Gasteiger partial charge in [-0.15, -0.1) is 0 Å². The summed E-state index contributed by atoms with van der Waals surface area (Å²) >= 11 is 0. The molecule has 21 heavy (non-hydrogen) atoms. The van der Waals surface area contributed by atoms with Crippen molar-refractivity contribution in [3.63, 3.8) is 0 Å². The number of rotatable bonds is 4. The van der Waals surface area contributed by atoms with Gasteiger partial charge in [-0.1, -0.05) is 12.1 Å². The third-order valence-electron chi connectivity index (χ3n) is 3.79. The first-order valence-corrected chi connectivity index (χ1v) is 6.78. The maximum atomic E-state index is 10.6. The van der Waals surface area contributed by atoms with Crippen molar-refractivity contribution >= 4 is 6.09 Å². The van der Waals surface area contributed by atoms with Crippen molar-refractivity contribution in [2.75, 3.05) is 0 Å². The zero-order valence-corrected chi connectivity index (χ0v) is 11.8. The van der Waals surface area contributed by atoms with Crippen molar-refractivity contribution in [2.24, 2.45) is 0 Å². The van der Waals surface area contributed by atoms with Gasteiger partial charge in [-0.05, 0) is 31.9 Å². The molecule has 3 rings (SSSR count). The smallest absolute Gasteiger partial charge is 0.405 e. The summed E-state index contributed by atoms with van der Waals surface area (Å²) in [4.78, 5) is 19.3. The van der Waals surface area contributed by atoms with Crippen LogP contribution in [-0.2, 0) is 5.41 Å². The van der Waals surface area contributed by atoms with Gasteiger partial charge in [-0.25, -0.2) is 4.79 Å². The topological polar surface area (TPSA) is 101 Å². The maximum Gasteiger partial charge on any atom is 0.405 e. The average Bonchev–Trinajstić information content (AvgIpc) is 3.03. The van der Waals surface area contributed by atoms with Gasteiger partial charge >= 0.3 is 6.09 Å². The van der Waals surface area contributed by atoms with E-state index >= 15 is 0 Å². The SMILES string of the molecule is CC(NC(=O)O)c1nc(-c2ccnc(C3(C)CC3)c2)no1. The summed E-state index contributed by atoms with van der Waals surface area (Å²) in [5.41, 5.74) is 2.02. The van der Waals surface area contributed by atoms with Crippen molar-refractivity contribution < 1.29 is 14.4 Å². The molecular weight excluding hydrogens is 272 g/mol. The van der Waals surface area contributed by atoms with Crippen molar-refractivity contribution in [3.8, 4) is 11.4 Å². The highest BCUT2D eigenvalue weighted by Gasteiger charge is 2.40. The lowest BCUT2D eigenvalue weighted by Crippen LogP contribution is -2.24. The van der Waals surface area contributed by atoms with E-state index in [0.29, 0.717) is 5.82 Å². The molecule has 2 aromatic rings. The molecule has 1 unspecified atom stereocenters. The molecule has 0 radical (unpaired) electrons. The highest BCUT2D eigenvalue weighted by molar-refractivity contribution is 5.65. The highest BCUT2D eigenvalue weighted by atomic mass is 16.5. The van der Waals surface area contributed by atoms with Gasteiger partial charge in [0.05, 0.1) is 0 Å². The fourth-order valence-electron chi connectivity index (χ4n) is 2.12. The Morgan fingerprint density at radius 3 is 2.95 bits per heavy atom. The van der Waals surface area contributed by atoms with Gasteiger partial charge in [0, 0.05) is 22.9 Å². The van der Waals surface area contributed by atoms with E-state index in [1.54, 1.807) is 13.1 Å².